The number of hydrogen-bond donors (Lipinski definition) is 6. The third-order valence-corrected chi connectivity index (χ3v) is 8.98. The van der Waals surface area contributed by atoms with Crippen molar-refractivity contribution < 1.29 is 43.2 Å². The van der Waals surface area contributed by atoms with Crippen LogP contribution in [0.4, 0.5) is 5.69 Å². The van der Waals surface area contributed by atoms with Crippen molar-refractivity contribution in [1.29, 1.82) is 0 Å². The lowest BCUT2D eigenvalue weighted by molar-refractivity contribution is -0.148. The number of amides is 1. The van der Waals surface area contributed by atoms with Gasteiger partial charge in [0, 0.05) is 37.8 Å². The molecule has 1 aromatic rings. The highest BCUT2D eigenvalue weighted by Gasteiger charge is 2.63. The lowest BCUT2D eigenvalue weighted by Crippen LogP contribution is -2.63. The average molecular weight is 593 g/mol. The molecule has 0 radical (unpaired) electrons. The zero-order chi connectivity index (χ0) is 30.8. The number of ketones is 2. The Morgan fingerprint density at radius 1 is 1.17 bits per heavy atom. The minimum atomic E-state index is -3.41. The number of phenolic OH excluding ortho intramolecular Hbond substituents is 1. The summed E-state index contributed by atoms with van der Waals surface area (Å²) in [5.41, 5.74) is 3.02. The number of primary amides is 1. The fourth-order valence-electron chi connectivity index (χ4n) is 6.48. The smallest absolute Gasteiger partial charge is 0.255 e. The molecule has 0 aromatic heterocycles. The Hall–Kier alpha value is -3.46. The first kappa shape index (κ1) is 30.5. The molecule has 0 aliphatic heterocycles. The van der Waals surface area contributed by atoms with Gasteiger partial charge in [-0.25, -0.2) is 13.1 Å². The second-order valence-corrected chi connectivity index (χ2v) is 13.2. The summed E-state index contributed by atoms with van der Waals surface area (Å²) in [5.74, 6) is -7.01. The molecule has 3 aliphatic carbocycles. The van der Waals surface area contributed by atoms with Crippen LogP contribution in [0.3, 0.4) is 0 Å². The Morgan fingerprint density at radius 3 is 2.34 bits per heavy atom. The second-order valence-electron chi connectivity index (χ2n) is 11.4. The number of carbonyl (C=O) groups is 3. The first-order valence-corrected chi connectivity index (χ1v) is 15.0. The molecule has 4 rings (SSSR count). The van der Waals surface area contributed by atoms with E-state index in [9.17, 15) is 43.2 Å². The number of nitrogens with two attached hydrogens (primary N) is 1. The molecule has 0 spiro atoms. The van der Waals surface area contributed by atoms with Crippen molar-refractivity contribution in [2.75, 3.05) is 45.9 Å². The quantitative estimate of drug-likeness (QED) is 0.170. The van der Waals surface area contributed by atoms with Crippen LogP contribution in [0.15, 0.2) is 28.7 Å². The second kappa shape index (κ2) is 10.4. The van der Waals surface area contributed by atoms with E-state index in [0.717, 1.165) is 6.26 Å². The molecule has 4 atom stereocenters. The third-order valence-electron chi connectivity index (χ3n) is 8.25. The summed E-state index contributed by atoms with van der Waals surface area (Å²) in [4.78, 5) is 42.9. The monoisotopic (exact) mass is 592 g/mol. The molecule has 13 nitrogen and oxygen atoms in total. The van der Waals surface area contributed by atoms with Crippen LogP contribution in [0, 0.1) is 11.8 Å². The number of carbonyl (C=O) groups excluding carboxylic acids is 3. The summed E-state index contributed by atoms with van der Waals surface area (Å²) in [6, 6.07) is 0.667. The fourth-order valence-corrected chi connectivity index (χ4v) is 6.99. The van der Waals surface area contributed by atoms with Crippen LogP contribution >= 0.6 is 0 Å². The van der Waals surface area contributed by atoms with Crippen molar-refractivity contribution in [2.24, 2.45) is 17.6 Å². The molecule has 0 fully saturated rings. The summed E-state index contributed by atoms with van der Waals surface area (Å²) < 4.78 is 25.2. The van der Waals surface area contributed by atoms with Crippen molar-refractivity contribution in [3.8, 4) is 5.75 Å². The number of nitrogens with zero attached hydrogens (tertiary/aromatic N) is 2. The number of anilines is 1. The van der Waals surface area contributed by atoms with Gasteiger partial charge in [-0.05, 0) is 62.9 Å². The first-order chi connectivity index (χ1) is 18.9. The number of aromatic hydroxyl groups is 1. The van der Waals surface area contributed by atoms with Gasteiger partial charge in [-0.15, -0.1) is 0 Å². The predicted octanol–water partition coefficient (Wildman–Crippen LogP) is -0.332. The summed E-state index contributed by atoms with van der Waals surface area (Å²) in [7, 11) is 3.27. The van der Waals surface area contributed by atoms with Gasteiger partial charge in [-0.1, -0.05) is 0 Å². The van der Waals surface area contributed by atoms with E-state index >= 15 is 0 Å². The van der Waals surface area contributed by atoms with Crippen molar-refractivity contribution in [3.63, 3.8) is 0 Å². The number of aryl methyl sites for hydroxylation is 1. The molecular formula is C27H36N4O9S. The Bertz CT molecular complexity index is 1510. The first-order valence-electron chi connectivity index (χ1n) is 13.1. The third kappa shape index (κ3) is 4.88. The van der Waals surface area contributed by atoms with Crippen LogP contribution in [0.5, 0.6) is 5.75 Å². The van der Waals surface area contributed by atoms with Crippen LogP contribution in [0.1, 0.15) is 34.3 Å². The molecule has 0 saturated carbocycles. The number of nitrogens with one attached hydrogen (secondary N) is 1. The Kier molecular flexibility index (Phi) is 7.75. The normalized spacial score (nSPS) is 26.2. The Labute approximate surface area is 238 Å². The number of aliphatic hydroxyl groups excluding tert-OH is 2. The van der Waals surface area contributed by atoms with Gasteiger partial charge in [0.05, 0.1) is 17.9 Å². The maximum absolute atomic E-state index is 14.0. The number of likely N-dealkylation sites (N-methyl/N-ethyl adjacent to an activating group) is 1. The number of phenols is 1. The molecule has 14 heteroatoms. The van der Waals surface area contributed by atoms with E-state index in [4.69, 9.17) is 5.73 Å². The van der Waals surface area contributed by atoms with Crippen LogP contribution in [-0.2, 0) is 32.5 Å². The van der Waals surface area contributed by atoms with Crippen molar-refractivity contribution in [2.45, 2.75) is 37.3 Å². The number of allylic oxidation sites excluding steroid dienone is 1. The summed E-state index contributed by atoms with van der Waals surface area (Å²) in [5, 5.41) is 45.3. The molecule has 1 aromatic carbocycles. The van der Waals surface area contributed by atoms with Gasteiger partial charge in [-0.2, -0.15) is 0 Å². The zero-order valence-electron chi connectivity index (χ0n) is 23.6. The van der Waals surface area contributed by atoms with Crippen LogP contribution in [-0.4, -0.2) is 104 Å². The largest absolute Gasteiger partial charge is 0.510 e. The van der Waals surface area contributed by atoms with E-state index in [0.29, 0.717) is 23.2 Å². The van der Waals surface area contributed by atoms with Gasteiger partial charge in [0.25, 0.3) is 5.91 Å². The maximum Gasteiger partial charge on any atom is 0.255 e. The lowest BCUT2D eigenvalue weighted by Gasteiger charge is -2.50. The summed E-state index contributed by atoms with van der Waals surface area (Å²) in [6.07, 6.45) is 1.76. The lowest BCUT2D eigenvalue weighted by atomic mass is 9.58. The van der Waals surface area contributed by atoms with Crippen LogP contribution in [0.25, 0.3) is 0 Å². The number of rotatable bonds is 8. The number of fused-ring (bicyclic) bond motifs is 3. The van der Waals surface area contributed by atoms with E-state index in [-0.39, 0.29) is 42.7 Å². The molecular weight excluding hydrogens is 556 g/mol. The van der Waals surface area contributed by atoms with Crippen molar-refractivity contribution >= 4 is 33.2 Å². The molecule has 224 valence electrons. The molecule has 1 amide bonds. The van der Waals surface area contributed by atoms with Gasteiger partial charge < -0.3 is 31.1 Å². The molecule has 0 bridgehead atoms. The highest BCUT2D eigenvalue weighted by atomic mass is 32.2. The molecule has 7 N–H and O–H groups in total. The fraction of sp³-hybridized carbons (Fsp3) is 0.519. The topological polar surface area (TPSA) is 211 Å². The van der Waals surface area contributed by atoms with Gasteiger partial charge in [0.1, 0.15) is 22.8 Å². The Morgan fingerprint density at radius 2 is 1.80 bits per heavy atom. The number of hydrogen-bond acceptors (Lipinski definition) is 11. The molecule has 0 saturated heterocycles. The SMILES string of the molecule is CN(C)c1cc(CCCNS(C)(=O)=O)c(O)c2c1C[C@H]1C[C@H]3C(N(C)C)C(O)=C(C(N)=O)C(=O)[C@@]3(O)C(O)=C1C2=O. The van der Waals surface area contributed by atoms with Gasteiger partial charge in [-0.3, -0.25) is 19.3 Å². The zero-order valence-corrected chi connectivity index (χ0v) is 24.4. The van der Waals surface area contributed by atoms with Gasteiger partial charge in [0.15, 0.2) is 11.4 Å². The predicted molar refractivity (Wildman–Crippen MR) is 149 cm³/mol. The highest BCUT2D eigenvalue weighted by molar-refractivity contribution is 7.88. The maximum atomic E-state index is 14.0. The average Bonchev–Trinajstić information content (AvgIpc) is 2.83. The van der Waals surface area contributed by atoms with Gasteiger partial charge >= 0.3 is 0 Å². The van der Waals surface area contributed by atoms with Crippen LogP contribution in [0.2, 0.25) is 0 Å². The highest BCUT2D eigenvalue weighted by Crippen LogP contribution is 2.53. The summed E-state index contributed by atoms with van der Waals surface area (Å²) in [6.45, 7) is 0.112. The summed E-state index contributed by atoms with van der Waals surface area (Å²) >= 11 is 0. The standard InChI is InChI=1S/C27H36N4O9S/c1-30(2)16-11-12(7-6-8-29-41(5,39)40)21(32)18-14(16)9-13-10-15-20(31(3)4)23(34)19(26(28)37)25(36)27(15,38)24(35)17(13)22(18)33/h11,13,15,20,29,32,34-35,38H,6-10H2,1-5H3,(H2,28,37)/t13-,15-,20?,27-/m0/s1. The molecule has 41 heavy (non-hydrogen) atoms. The van der Waals surface area contributed by atoms with E-state index in [1.54, 1.807) is 39.2 Å². The van der Waals surface area contributed by atoms with E-state index in [1.165, 1.54) is 4.90 Å². The van der Waals surface area contributed by atoms with Gasteiger partial charge in [0.2, 0.25) is 15.8 Å². The Balaban J connectivity index is 1.86. The molecule has 0 heterocycles. The van der Waals surface area contributed by atoms with Crippen LogP contribution < -0.4 is 15.4 Å². The molecule has 3 aliphatic rings. The van der Waals surface area contributed by atoms with Crippen molar-refractivity contribution in [3.05, 3.63) is 45.4 Å². The minimum Gasteiger partial charge on any atom is -0.510 e. The number of aliphatic hydroxyl groups is 3. The minimum absolute atomic E-state index is 0.00168. The number of sulfonamides is 1. The number of Topliss-reactive ketones (excluding diaryl/α,β-unsaturated/α-hetero) is 2. The number of benzene rings is 1. The van der Waals surface area contributed by atoms with Crippen molar-refractivity contribution in [1.82, 2.24) is 9.62 Å². The van der Waals surface area contributed by atoms with E-state index < -0.39 is 68.1 Å². The van der Waals surface area contributed by atoms with E-state index in [2.05, 4.69) is 4.72 Å². The molecule has 1 unspecified atom stereocenters. The van der Waals surface area contributed by atoms with E-state index in [1.807, 2.05) is 0 Å².